The maximum absolute atomic E-state index is 13.5. The molecule has 2 heterocycles. The Kier molecular flexibility index (Phi) is 6.51. The number of Topliss-reactive ketones (excluding diaryl/α,β-unsaturated/α-hetero) is 1. The molecule has 1 N–H and O–H groups in total. The van der Waals surface area contributed by atoms with Crippen LogP contribution >= 0.6 is 11.3 Å². The molecule has 6 heteroatoms. The van der Waals surface area contributed by atoms with Crippen LogP contribution in [0, 0.1) is 0 Å². The lowest BCUT2D eigenvalue weighted by Crippen LogP contribution is -2.35. The van der Waals surface area contributed by atoms with E-state index < -0.39 is 11.9 Å². The van der Waals surface area contributed by atoms with Gasteiger partial charge in [0.1, 0.15) is 0 Å². The Labute approximate surface area is 193 Å². The van der Waals surface area contributed by atoms with Crippen LogP contribution in [-0.4, -0.2) is 32.0 Å². The number of carbonyl (C=O) groups is 2. The van der Waals surface area contributed by atoms with Crippen LogP contribution in [-0.2, 0) is 14.3 Å². The third-order valence-corrected chi connectivity index (χ3v) is 7.57. The van der Waals surface area contributed by atoms with Gasteiger partial charge in [0, 0.05) is 58.9 Å². The molecule has 0 radical (unpaired) electrons. The predicted molar refractivity (Wildman–Crippen MR) is 129 cm³/mol. The topological polar surface area (TPSA) is 58.6 Å². The Morgan fingerprint density at radius 3 is 2.47 bits per heavy atom. The minimum Gasteiger partial charge on any atom is -0.466 e. The molecule has 5 nitrogen and oxygen atoms in total. The van der Waals surface area contributed by atoms with Crippen LogP contribution in [0.15, 0.2) is 64.3 Å². The molecular formula is C26H30N2O3S. The molecule has 0 saturated heterocycles. The molecule has 2 aliphatic rings. The van der Waals surface area contributed by atoms with E-state index in [0.29, 0.717) is 17.6 Å². The third-order valence-electron chi connectivity index (χ3n) is 6.53. The van der Waals surface area contributed by atoms with Crippen molar-refractivity contribution < 1.29 is 14.3 Å². The van der Waals surface area contributed by atoms with E-state index in [9.17, 15) is 9.59 Å². The molecule has 1 aliphatic carbocycles. The molecule has 1 aliphatic heterocycles. The first-order valence-electron chi connectivity index (χ1n) is 11.2. The quantitative estimate of drug-likeness (QED) is 0.619. The number of anilines is 1. The number of carbonyl (C=O) groups excluding carboxylic acids is 2. The van der Waals surface area contributed by atoms with Gasteiger partial charge in [0.05, 0.1) is 12.7 Å². The molecule has 1 aromatic carbocycles. The molecule has 0 unspecified atom stereocenters. The van der Waals surface area contributed by atoms with E-state index in [0.717, 1.165) is 42.2 Å². The molecule has 32 heavy (non-hydrogen) atoms. The van der Waals surface area contributed by atoms with Crippen molar-refractivity contribution in [3.63, 3.8) is 0 Å². The number of hydrogen-bond donors (Lipinski definition) is 1. The van der Waals surface area contributed by atoms with E-state index in [-0.39, 0.29) is 11.7 Å². The average Bonchev–Trinajstić information content (AvgIpc) is 3.34. The second-order valence-corrected chi connectivity index (χ2v) is 9.27. The number of methoxy groups -OCH3 is 1. The fraction of sp³-hybridized carbons (Fsp3) is 0.385. The van der Waals surface area contributed by atoms with Crippen molar-refractivity contribution in [2.45, 2.75) is 45.4 Å². The Balaban J connectivity index is 1.78. The Hall–Kier alpha value is -2.86. The van der Waals surface area contributed by atoms with Crippen molar-refractivity contribution in [1.29, 1.82) is 0 Å². The minimum absolute atomic E-state index is 0.101. The number of benzene rings is 1. The molecular weight excluding hydrogens is 420 g/mol. The van der Waals surface area contributed by atoms with Crippen LogP contribution in [0.5, 0.6) is 0 Å². The molecule has 2 atom stereocenters. The summed E-state index contributed by atoms with van der Waals surface area (Å²) in [6, 6.07) is 12.4. The van der Waals surface area contributed by atoms with Crippen molar-refractivity contribution in [1.82, 2.24) is 5.32 Å². The van der Waals surface area contributed by atoms with Crippen molar-refractivity contribution >= 4 is 28.8 Å². The van der Waals surface area contributed by atoms with Gasteiger partial charge in [-0.1, -0.05) is 18.2 Å². The fourth-order valence-electron chi connectivity index (χ4n) is 4.94. The van der Waals surface area contributed by atoms with E-state index in [1.807, 2.05) is 25.1 Å². The molecule has 0 fully saturated rings. The summed E-state index contributed by atoms with van der Waals surface area (Å²) in [6.07, 6.45) is 1.23. The summed E-state index contributed by atoms with van der Waals surface area (Å²) < 4.78 is 5.13. The van der Waals surface area contributed by atoms with Crippen molar-refractivity contribution in [2.75, 3.05) is 25.1 Å². The van der Waals surface area contributed by atoms with Crippen molar-refractivity contribution in [2.24, 2.45) is 0 Å². The summed E-state index contributed by atoms with van der Waals surface area (Å²) in [4.78, 5) is 29.8. The number of esters is 1. The van der Waals surface area contributed by atoms with Crippen LogP contribution in [0.4, 0.5) is 5.69 Å². The summed E-state index contributed by atoms with van der Waals surface area (Å²) in [5.74, 6) is -0.537. The fourth-order valence-corrected chi connectivity index (χ4v) is 5.77. The number of thiophene rings is 1. The largest absolute Gasteiger partial charge is 0.466 e. The highest BCUT2D eigenvalue weighted by Crippen LogP contribution is 2.46. The zero-order chi connectivity index (χ0) is 22.8. The first kappa shape index (κ1) is 22.3. The highest BCUT2D eigenvalue weighted by atomic mass is 32.1. The monoisotopic (exact) mass is 450 g/mol. The highest BCUT2D eigenvalue weighted by molar-refractivity contribution is 7.10. The Morgan fingerprint density at radius 1 is 1.16 bits per heavy atom. The standard InChI is InChI=1S/C26H30N2O3S/c1-5-28(6-2)19-11-9-17(10-12-19)24-23(26(30)31-4)16(3)27-20-14-18(15-21(29)25(20)24)22-8-7-13-32-22/h7-13,18,24,27H,5-6,14-15H2,1-4H3/t18-,24-/m1/s1. The normalized spacial score (nSPS) is 20.7. The molecule has 0 amide bonds. The second kappa shape index (κ2) is 9.33. The SMILES string of the molecule is CCN(CC)c1ccc([C@@H]2C(C(=O)OC)=C(C)NC3=C2C(=O)C[C@H](c2cccs2)C3)cc1. The van der Waals surface area contributed by atoms with Gasteiger partial charge in [0.15, 0.2) is 5.78 Å². The third kappa shape index (κ3) is 3.99. The number of ether oxygens (including phenoxy) is 1. The number of nitrogens with one attached hydrogen (secondary N) is 1. The average molecular weight is 451 g/mol. The molecule has 0 bridgehead atoms. The lowest BCUT2D eigenvalue weighted by atomic mass is 9.72. The van der Waals surface area contributed by atoms with E-state index in [1.54, 1.807) is 11.3 Å². The van der Waals surface area contributed by atoms with Gasteiger partial charge >= 0.3 is 5.97 Å². The number of ketones is 1. The summed E-state index contributed by atoms with van der Waals surface area (Å²) in [7, 11) is 1.39. The van der Waals surface area contributed by atoms with Gasteiger partial charge in [0.2, 0.25) is 0 Å². The zero-order valence-electron chi connectivity index (χ0n) is 19.1. The van der Waals surface area contributed by atoms with E-state index in [4.69, 9.17) is 4.74 Å². The minimum atomic E-state index is -0.416. The number of hydrogen-bond acceptors (Lipinski definition) is 6. The van der Waals surface area contributed by atoms with Gasteiger partial charge in [-0.3, -0.25) is 4.79 Å². The number of dihydropyridines is 1. The summed E-state index contributed by atoms with van der Waals surface area (Å²) in [5.41, 5.74) is 4.99. The number of rotatable bonds is 6. The van der Waals surface area contributed by atoms with Gasteiger partial charge in [-0.15, -0.1) is 11.3 Å². The lowest BCUT2D eigenvalue weighted by Gasteiger charge is -2.36. The summed E-state index contributed by atoms with van der Waals surface area (Å²) in [6.45, 7) is 8.01. The van der Waals surface area contributed by atoms with Crippen molar-refractivity contribution in [3.8, 4) is 0 Å². The summed E-state index contributed by atoms with van der Waals surface area (Å²) >= 11 is 1.69. The summed E-state index contributed by atoms with van der Waals surface area (Å²) in [5, 5.41) is 5.44. The van der Waals surface area contributed by atoms with Crippen LogP contribution in [0.2, 0.25) is 0 Å². The zero-order valence-corrected chi connectivity index (χ0v) is 19.9. The van der Waals surface area contributed by atoms with Crippen molar-refractivity contribution in [3.05, 3.63) is 74.8 Å². The first-order valence-corrected chi connectivity index (χ1v) is 12.1. The smallest absolute Gasteiger partial charge is 0.336 e. The van der Waals surface area contributed by atoms with Gasteiger partial charge in [0.25, 0.3) is 0 Å². The number of allylic oxidation sites excluding steroid dienone is 3. The van der Waals surface area contributed by atoms with Crippen LogP contribution in [0.25, 0.3) is 0 Å². The lowest BCUT2D eigenvalue weighted by molar-refractivity contribution is -0.136. The van der Waals surface area contributed by atoms with E-state index >= 15 is 0 Å². The van der Waals surface area contributed by atoms with Crippen LogP contribution < -0.4 is 10.2 Å². The van der Waals surface area contributed by atoms with E-state index in [1.165, 1.54) is 12.0 Å². The first-order chi connectivity index (χ1) is 15.5. The van der Waals surface area contributed by atoms with Gasteiger partial charge < -0.3 is 15.0 Å². The molecule has 2 aromatic rings. The van der Waals surface area contributed by atoms with Gasteiger partial charge in [-0.05, 0) is 56.3 Å². The molecule has 0 saturated carbocycles. The van der Waals surface area contributed by atoms with Gasteiger partial charge in [-0.2, -0.15) is 0 Å². The molecule has 4 rings (SSSR count). The maximum Gasteiger partial charge on any atom is 0.336 e. The molecule has 0 spiro atoms. The maximum atomic E-state index is 13.5. The Bertz CT molecular complexity index is 1060. The number of nitrogens with zero attached hydrogens (tertiary/aromatic N) is 1. The molecule has 168 valence electrons. The van der Waals surface area contributed by atoms with Crippen LogP contribution in [0.1, 0.15) is 55.9 Å². The van der Waals surface area contributed by atoms with Gasteiger partial charge in [-0.25, -0.2) is 4.79 Å². The van der Waals surface area contributed by atoms with Crippen LogP contribution in [0.3, 0.4) is 0 Å². The van der Waals surface area contributed by atoms with E-state index in [2.05, 4.69) is 47.6 Å². The molecule has 1 aromatic heterocycles. The Morgan fingerprint density at radius 2 is 1.88 bits per heavy atom. The highest BCUT2D eigenvalue weighted by Gasteiger charge is 2.41. The second-order valence-electron chi connectivity index (χ2n) is 8.29. The predicted octanol–water partition coefficient (Wildman–Crippen LogP) is 5.13.